The Morgan fingerprint density at radius 3 is 2.41 bits per heavy atom. The molecule has 3 aromatic rings. The predicted octanol–water partition coefficient (Wildman–Crippen LogP) is 3.33. The molecule has 0 aliphatic carbocycles. The van der Waals surface area contributed by atoms with Gasteiger partial charge in [0, 0.05) is 37.2 Å². The number of anilines is 3. The molecule has 3 heterocycles. The summed E-state index contributed by atoms with van der Waals surface area (Å²) in [5.41, 5.74) is -3.76. The zero-order valence-corrected chi connectivity index (χ0v) is 20.2. The lowest BCUT2D eigenvalue weighted by molar-refractivity contribution is -0.139. The molecule has 208 valence electrons. The minimum Gasteiger partial charge on any atom is -0.491 e. The number of carbonyl (C=O) groups excluding carboxylic acids is 1. The smallest absolute Gasteiger partial charge is 0.423 e. The molecular weight excluding hydrogens is 536 g/mol. The first-order valence-electron chi connectivity index (χ1n) is 11.4. The second-order valence-corrected chi connectivity index (χ2v) is 8.58. The van der Waals surface area contributed by atoms with E-state index in [0.717, 1.165) is 6.20 Å². The molecule has 1 aliphatic rings. The molecule has 1 aliphatic heterocycles. The molecule has 0 spiro atoms. The van der Waals surface area contributed by atoms with Crippen molar-refractivity contribution >= 4 is 23.2 Å². The Labute approximate surface area is 216 Å². The quantitative estimate of drug-likeness (QED) is 0.425. The van der Waals surface area contributed by atoms with E-state index in [0.29, 0.717) is 23.8 Å². The SMILES string of the molecule is CC(COc1cccc(N2CCN(c3ncc(C(F)(F)F)cn3)CC2=O)c1)Nc1cn[nH]c(=O)c1C(F)(F)F. The Balaban J connectivity index is 1.37. The Kier molecular flexibility index (Phi) is 7.65. The summed E-state index contributed by atoms with van der Waals surface area (Å²) in [6.07, 6.45) is -7.28. The average molecular weight is 557 g/mol. The predicted molar refractivity (Wildman–Crippen MR) is 126 cm³/mol. The number of halogens is 6. The maximum Gasteiger partial charge on any atom is 0.423 e. The number of hydrogen-bond donors (Lipinski definition) is 2. The fourth-order valence-electron chi connectivity index (χ4n) is 3.81. The number of amides is 1. The molecule has 0 bridgehead atoms. The third kappa shape index (κ3) is 6.56. The summed E-state index contributed by atoms with van der Waals surface area (Å²) in [4.78, 5) is 34.8. The number of ether oxygens (including phenoxy) is 1. The van der Waals surface area contributed by atoms with Gasteiger partial charge in [-0.25, -0.2) is 15.1 Å². The number of benzene rings is 1. The van der Waals surface area contributed by atoms with Crippen LogP contribution in [0.1, 0.15) is 18.1 Å². The highest BCUT2D eigenvalue weighted by molar-refractivity contribution is 5.97. The van der Waals surface area contributed by atoms with Crippen LogP contribution < -0.4 is 25.4 Å². The second kappa shape index (κ2) is 10.8. The molecule has 16 heteroatoms. The van der Waals surface area contributed by atoms with E-state index in [1.807, 2.05) is 0 Å². The highest BCUT2D eigenvalue weighted by Gasteiger charge is 2.37. The fourth-order valence-corrected chi connectivity index (χ4v) is 3.81. The van der Waals surface area contributed by atoms with E-state index in [2.05, 4.69) is 20.4 Å². The summed E-state index contributed by atoms with van der Waals surface area (Å²) >= 11 is 0. The van der Waals surface area contributed by atoms with E-state index in [1.54, 1.807) is 36.3 Å². The molecule has 1 saturated heterocycles. The number of hydrogen-bond acceptors (Lipinski definition) is 8. The summed E-state index contributed by atoms with van der Waals surface area (Å²) in [6, 6.07) is 5.80. The normalized spacial score (nSPS) is 15.3. The molecule has 0 saturated carbocycles. The van der Waals surface area contributed by atoms with Crippen molar-refractivity contribution in [3.8, 4) is 5.75 Å². The van der Waals surface area contributed by atoms with Crippen LogP contribution in [0, 0.1) is 0 Å². The van der Waals surface area contributed by atoms with Gasteiger partial charge in [0.2, 0.25) is 11.9 Å². The van der Waals surface area contributed by atoms with E-state index in [1.165, 1.54) is 9.80 Å². The third-order valence-electron chi connectivity index (χ3n) is 5.64. The molecule has 1 amide bonds. The number of H-pyrrole nitrogens is 1. The number of nitrogens with one attached hydrogen (secondary N) is 2. The number of aromatic nitrogens is 4. The molecular formula is C23H21F6N7O3. The van der Waals surface area contributed by atoms with Gasteiger partial charge in [0.25, 0.3) is 5.56 Å². The van der Waals surface area contributed by atoms with Crippen LogP contribution in [0.25, 0.3) is 0 Å². The number of nitrogens with zero attached hydrogens (tertiary/aromatic N) is 5. The lowest BCUT2D eigenvalue weighted by Gasteiger charge is -2.34. The summed E-state index contributed by atoms with van der Waals surface area (Å²) in [7, 11) is 0. The van der Waals surface area contributed by atoms with Crippen LogP contribution in [0.5, 0.6) is 5.75 Å². The molecule has 1 aromatic carbocycles. The van der Waals surface area contributed by atoms with E-state index in [9.17, 15) is 35.9 Å². The largest absolute Gasteiger partial charge is 0.491 e. The van der Waals surface area contributed by atoms with Crippen molar-refractivity contribution in [3.63, 3.8) is 0 Å². The standard InChI is InChI=1S/C23H21F6N7O3/c1-13(33-17-10-32-34-20(38)19(17)23(27,28)29)12-39-16-4-2-3-15(7-16)36-6-5-35(11-18(36)37)21-30-8-14(9-31-21)22(24,25)26/h2-4,7-10,13H,5-6,11-12H2,1H3,(H2,33,34,38). The summed E-state index contributed by atoms with van der Waals surface area (Å²) < 4.78 is 83.6. The van der Waals surface area contributed by atoms with E-state index in [-0.39, 0.29) is 38.1 Å². The molecule has 1 atom stereocenters. The van der Waals surface area contributed by atoms with Gasteiger partial charge < -0.3 is 19.9 Å². The van der Waals surface area contributed by atoms with E-state index >= 15 is 0 Å². The molecule has 2 N–H and O–H groups in total. The van der Waals surface area contributed by atoms with Gasteiger partial charge in [0.15, 0.2) is 0 Å². The van der Waals surface area contributed by atoms with Crippen molar-refractivity contribution in [1.82, 2.24) is 20.2 Å². The molecule has 1 fully saturated rings. The number of rotatable bonds is 7. The second-order valence-electron chi connectivity index (χ2n) is 8.58. The van der Waals surface area contributed by atoms with Crippen molar-refractivity contribution < 1.29 is 35.9 Å². The van der Waals surface area contributed by atoms with Crippen LogP contribution in [-0.2, 0) is 17.1 Å². The van der Waals surface area contributed by atoms with Crippen LogP contribution in [0.3, 0.4) is 0 Å². The number of piperazine rings is 1. The van der Waals surface area contributed by atoms with Gasteiger partial charge in [0.05, 0.1) is 23.5 Å². The van der Waals surface area contributed by atoms with Gasteiger partial charge in [-0.1, -0.05) is 6.07 Å². The van der Waals surface area contributed by atoms with Gasteiger partial charge in [0.1, 0.15) is 24.5 Å². The minimum atomic E-state index is -4.89. The first kappa shape index (κ1) is 27.7. The average Bonchev–Trinajstić information content (AvgIpc) is 2.86. The lowest BCUT2D eigenvalue weighted by Crippen LogP contribution is -2.51. The molecule has 2 aromatic heterocycles. The highest BCUT2D eigenvalue weighted by Crippen LogP contribution is 2.32. The van der Waals surface area contributed by atoms with Crippen LogP contribution in [0.2, 0.25) is 0 Å². The highest BCUT2D eigenvalue weighted by atomic mass is 19.4. The lowest BCUT2D eigenvalue weighted by atomic mass is 10.2. The van der Waals surface area contributed by atoms with Gasteiger partial charge >= 0.3 is 12.4 Å². The molecule has 4 rings (SSSR count). The van der Waals surface area contributed by atoms with Crippen molar-refractivity contribution in [3.05, 3.63) is 64.3 Å². The van der Waals surface area contributed by atoms with Gasteiger partial charge in [-0.2, -0.15) is 31.4 Å². The Bertz CT molecular complexity index is 1380. The van der Waals surface area contributed by atoms with E-state index < -0.39 is 40.8 Å². The first-order chi connectivity index (χ1) is 18.3. The van der Waals surface area contributed by atoms with Crippen molar-refractivity contribution in [1.29, 1.82) is 0 Å². The van der Waals surface area contributed by atoms with Gasteiger partial charge in [-0.05, 0) is 19.1 Å². The third-order valence-corrected chi connectivity index (χ3v) is 5.64. The molecule has 1 unspecified atom stereocenters. The Hall–Kier alpha value is -4.37. The number of alkyl halides is 6. The van der Waals surface area contributed by atoms with Gasteiger partial charge in [-0.3, -0.25) is 9.59 Å². The summed E-state index contributed by atoms with van der Waals surface area (Å²) in [5.74, 6) is -0.0141. The van der Waals surface area contributed by atoms with Crippen LogP contribution in [0.4, 0.5) is 43.7 Å². The van der Waals surface area contributed by atoms with Crippen LogP contribution >= 0.6 is 0 Å². The molecule has 39 heavy (non-hydrogen) atoms. The summed E-state index contributed by atoms with van der Waals surface area (Å²) in [6.45, 7) is 1.76. The maximum atomic E-state index is 13.2. The monoisotopic (exact) mass is 557 g/mol. The molecule has 10 nitrogen and oxygen atoms in total. The Morgan fingerprint density at radius 1 is 1.05 bits per heavy atom. The van der Waals surface area contributed by atoms with Crippen molar-refractivity contribution in [2.75, 3.05) is 41.4 Å². The van der Waals surface area contributed by atoms with Crippen molar-refractivity contribution in [2.24, 2.45) is 0 Å². The summed E-state index contributed by atoms with van der Waals surface area (Å²) in [5, 5.41) is 7.74. The molecule has 0 radical (unpaired) electrons. The maximum absolute atomic E-state index is 13.2. The van der Waals surface area contributed by atoms with Crippen LogP contribution in [0.15, 0.2) is 47.7 Å². The minimum absolute atomic E-state index is 0.00106. The number of carbonyl (C=O) groups is 1. The topological polar surface area (TPSA) is 116 Å². The number of aromatic amines is 1. The van der Waals surface area contributed by atoms with E-state index in [4.69, 9.17) is 4.74 Å². The fraction of sp³-hybridized carbons (Fsp3) is 0.348. The van der Waals surface area contributed by atoms with Gasteiger partial charge in [-0.15, -0.1) is 0 Å². The zero-order chi connectivity index (χ0) is 28.4. The first-order valence-corrected chi connectivity index (χ1v) is 11.4. The van der Waals surface area contributed by atoms with Crippen LogP contribution in [-0.4, -0.2) is 58.4 Å². The zero-order valence-electron chi connectivity index (χ0n) is 20.2. The van der Waals surface area contributed by atoms with Crippen molar-refractivity contribution in [2.45, 2.75) is 25.3 Å². The Morgan fingerprint density at radius 2 is 1.77 bits per heavy atom.